The second-order valence-corrected chi connectivity index (χ2v) is 6.46. The van der Waals surface area contributed by atoms with Crippen LogP contribution in [0.2, 0.25) is 0 Å². The second kappa shape index (κ2) is 8.48. The van der Waals surface area contributed by atoms with Crippen molar-refractivity contribution in [2.75, 3.05) is 11.1 Å². The van der Waals surface area contributed by atoms with Gasteiger partial charge in [-0.15, -0.1) is 5.10 Å². The van der Waals surface area contributed by atoms with E-state index in [-0.39, 0.29) is 23.0 Å². The van der Waals surface area contributed by atoms with Gasteiger partial charge in [-0.1, -0.05) is 54.2 Å². The van der Waals surface area contributed by atoms with Crippen LogP contribution in [-0.2, 0) is 17.8 Å². The quantitative estimate of drug-likeness (QED) is 0.625. The Kier molecular flexibility index (Phi) is 5.85. The first-order valence-electron chi connectivity index (χ1n) is 8.00. The smallest absolute Gasteiger partial charge is 0.323 e. The van der Waals surface area contributed by atoms with Crippen molar-refractivity contribution in [2.45, 2.75) is 18.1 Å². The number of benzene rings is 2. The molecule has 0 fully saturated rings. The first-order valence-corrected chi connectivity index (χ1v) is 8.98. The van der Waals surface area contributed by atoms with E-state index in [1.807, 2.05) is 30.3 Å². The fraction of sp³-hybridized carbons (Fsp3) is 0.167. The third-order valence-corrected chi connectivity index (χ3v) is 4.65. The normalized spacial score (nSPS) is 10.7. The number of para-hydroxylation sites is 1. The van der Waals surface area contributed by atoms with Crippen molar-refractivity contribution in [3.8, 4) is 0 Å². The largest absolute Gasteiger partial charge is 0.343 e. The summed E-state index contributed by atoms with van der Waals surface area (Å²) in [6.07, 6.45) is 0.676. The van der Waals surface area contributed by atoms with Crippen LogP contribution in [0.4, 0.5) is 10.1 Å². The van der Waals surface area contributed by atoms with Crippen molar-refractivity contribution in [3.63, 3.8) is 0 Å². The van der Waals surface area contributed by atoms with Gasteiger partial charge in [0.05, 0.1) is 11.4 Å². The van der Waals surface area contributed by atoms with Crippen molar-refractivity contribution in [1.82, 2.24) is 14.8 Å². The van der Waals surface area contributed by atoms with E-state index in [9.17, 15) is 14.0 Å². The summed E-state index contributed by atoms with van der Waals surface area (Å²) >= 11 is 1.12. The molecule has 0 radical (unpaired) electrons. The maximum absolute atomic E-state index is 13.6. The minimum Gasteiger partial charge on any atom is -0.323 e. The van der Waals surface area contributed by atoms with E-state index in [0.717, 1.165) is 17.3 Å². The molecule has 0 atom stereocenters. The molecular formula is C18H17FN4O2S. The highest BCUT2D eigenvalue weighted by atomic mass is 32.2. The summed E-state index contributed by atoms with van der Waals surface area (Å²) in [5.41, 5.74) is 0.911. The first kappa shape index (κ1) is 17.9. The Morgan fingerprint density at radius 3 is 2.65 bits per heavy atom. The molecule has 0 saturated heterocycles. The van der Waals surface area contributed by atoms with Gasteiger partial charge in [0, 0.05) is 6.54 Å². The Morgan fingerprint density at radius 2 is 1.88 bits per heavy atom. The molecule has 8 heteroatoms. The molecule has 3 aromatic rings. The molecule has 134 valence electrons. The van der Waals surface area contributed by atoms with Gasteiger partial charge in [0.2, 0.25) is 5.91 Å². The predicted molar refractivity (Wildman–Crippen MR) is 98.7 cm³/mol. The molecular weight excluding hydrogens is 355 g/mol. The van der Waals surface area contributed by atoms with Gasteiger partial charge in [0.1, 0.15) is 5.82 Å². The van der Waals surface area contributed by atoms with Crippen molar-refractivity contribution in [3.05, 3.63) is 76.5 Å². The van der Waals surface area contributed by atoms with Gasteiger partial charge in [0.25, 0.3) is 0 Å². The number of halogens is 1. The van der Waals surface area contributed by atoms with Gasteiger partial charge in [-0.25, -0.2) is 14.3 Å². The molecule has 0 aliphatic carbocycles. The van der Waals surface area contributed by atoms with E-state index in [1.54, 1.807) is 12.1 Å². The topological polar surface area (TPSA) is 79.8 Å². The molecule has 3 rings (SSSR count). The Balaban J connectivity index is 1.59. The molecule has 0 bridgehead atoms. The van der Waals surface area contributed by atoms with Crippen LogP contribution in [-0.4, -0.2) is 26.4 Å². The fourth-order valence-corrected chi connectivity index (χ4v) is 3.15. The first-order chi connectivity index (χ1) is 12.6. The molecule has 1 amide bonds. The van der Waals surface area contributed by atoms with Gasteiger partial charge in [-0.3, -0.25) is 9.36 Å². The van der Waals surface area contributed by atoms with Crippen LogP contribution in [0.25, 0.3) is 0 Å². The van der Waals surface area contributed by atoms with Crippen LogP contribution in [0.5, 0.6) is 0 Å². The number of carbonyl (C=O) groups is 1. The number of nitrogens with zero attached hydrogens (tertiary/aromatic N) is 2. The summed E-state index contributed by atoms with van der Waals surface area (Å²) in [6.45, 7) is 0.455. The third-order valence-electron chi connectivity index (χ3n) is 3.67. The van der Waals surface area contributed by atoms with Crippen molar-refractivity contribution in [1.29, 1.82) is 0 Å². The number of aromatic nitrogens is 3. The maximum atomic E-state index is 13.6. The van der Waals surface area contributed by atoms with Gasteiger partial charge in [-0.05, 0) is 24.1 Å². The molecule has 1 aromatic heterocycles. The van der Waals surface area contributed by atoms with E-state index in [1.165, 1.54) is 16.7 Å². The zero-order valence-electron chi connectivity index (χ0n) is 13.8. The number of amides is 1. The number of carbonyl (C=O) groups excluding carboxylic acids is 1. The number of hydrogen-bond donors (Lipinski definition) is 2. The minimum absolute atomic E-state index is 0.0178. The van der Waals surface area contributed by atoms with Gasteiger partial charge < -0.3 is 5.32 Å². The van der Waals surface area contributed by atoms with Crippen LogP contribution in [0, 0.1) is 5.82 Å². The van der Waals surface area contributed by atoms with E-state index in [0.29, 0.717) is 18.1 Å². The Hall–Kier alpha value is -2.87. The molecule has 1 heterocycles. The molecule has 2 N–H and O–H groups in total. The number of anilines is 1. The molecule has 0 saturated carbocycles. The van der Waals surface area contributed by atoms with Gasteiger partial charge in [0.15, 0.2) is 5.16 Å². The average molecular weight is 372 g/mol. The Bertz CT molecular complexity index is 940. The molecule has 26 heavy (non-hydrogen) atoms. The lowest BCUT2D eigenvalue weighted by atomic mass is 10.1. The molecule has 0 aliphatic heterocycles. The van der Waals surface area contributed by atoms with E-state index >= 15 is 0 Å². The number of nitrogens with one attached hydrogen (secondary N) is 2. The SMILES string of the molecule is O=C(CSc1n[nH]c(=O)n1CCc1ccccc1)Nc1ccccc1F. The van der Waals surface area contributed by atoms with Crippen LogP contribution in [0.3, 0.4) is 0 Å². The molecule has 6 nitrogen and oxygen atoms in total. The number of hydrogen-bond acceptors (Lipinski definition) is 4. The lowest BCUT2D eigenvalue weighted by Gasteiger charge is -2.07. The van der Waals surface area contributed by atoms with Crippen molar-refractivity contribution in [2.24, 2.45) is 0 Å². The number of aromatic amines is 1. The summed E-state index contributed by atoms with van der Waals surface area (Å²) in [4.78, 5) is 23.9. The number of H-pyrrole nitrogens is 1. The van der Waals surface area contributed by atoms with Crippen LogP contribution >= 0.6 is 11.8 Å². The molecule has 2 aromatic carbocycles. The van der Waals surface area contributed by atoms with Crippen LogP contribution in [0.1, 0.15) is 5.56 Å². The molecule has 0 unspecified atom stereocenters. The second-order valence-electron chi connectivity index (χ2n) is 5.52. The number of aryl methyl sites for hydroxylation is 1. The highest BCUT2D eigenvalue weighted by Gasteiger charge is 2.12. The third kappa shape index (κ3) is 4.60. The lowest BCUT2D eigenvalue weighted by Crippen LogP contribution is -2.20. The summed E-state index contributed by atoms with van der Waals surface area (Å²) in [7, 11) is 0. The highest BCUT2D eigenvalue weighted by molar-refractivity contribution is 7.99. The fourth-order valence-electron chi connectivity index (χ4n) is 2.38. The Labute approximate surface area is 153 Å². The lowest BCUT2D eigenvalue weighted by molar-refractivity contribution is -0.113. The van der Waals surface area contributed by atoms with Crippen LogP contribution < -0.4 is 11.0 Å². The zero-order valence-corrected chi connectivity index (χ0v) is 14.6. The summed E-state index contributed by atoms with van der Waals surface area (Å²) in [6, 6.07) is 15.7. The predicted octanol–water partition coefficient (Wildman–Crippen LogP) is 2.68. The standard InChI is InChI=1S/C18H17FN4O2S/c19-14-8-4-5-9-15(14)20-16(24)12-26-18-22-21-17(25)23(18)11-10-13-6-2-1-3-7-13/h1-9H,10-12H2,(H,20,24)(H,21,25). The number of thioether (sulfide) groups is 1. The van der Waals surface area contributed by atoms with E-state index in [2.05, 4.69) is 15.5 Å². The van der Waals surface area contributed by atoms with E-state index in [4.69, 9.17) is 0 Å². The van der Waals surface area contributed by atoms with Crippen molar-refractivity contribution < 1.29 is 9.18 Å². The number of rotatable bonds is 7. The highest BCUT2D eigenvalue weighted by Crippen LogP contribution is 2.16. The monoisotopic (exact) mass is 372 g/mol. The Morgan fingerprint density at radius 1 is 1.15 bits per heavy atom. The van der Waals surface area contributed by atoms with E-state index < -0.39 is 5.82 Å². The summed E-state index contributed by atoms with van der Waals surface area (Å²) < 4.78 is 15.1. The van der Waals surface area contributed by atoms with Gasteiger partial charge in [-0.2, -0.15) is 0 Å². The minimum atomic E-state index is -0.495. The van der Waals surface area contributed by atoms with Gasteiger partial charge >= 0.3 is 5.69 Å². The van der Waals surface area contributed by atoms with Crippen molar-refractivity contribution >= 4 is 23.4 Å². The molecule has 0 aliphatic rings. The molecule has 0 spiro atoms. The average Bonchev–Trinajstić information content (AvgIpc) is 3.01. The summed E-state index contributed by atoms with van der Waals surface area (Å²) in [5, 5.41) is 9.29. The zero-order chi connectivity index (χ0) is 18.4. The summed E-state index contributed by atoms with van der Waals surface area (Å²) in [5.74, 6) is -0.847. The maximum Gasteiger partial charge on any atom is 0.343 e. The van der Waals surface area contributed by atoms with Crippen LogP contribution in [0.15, 0.2) is 64.5 Å².